The summed E-state index contributed by atoms with van der Waals surface area (Å²) >= 11 is 0. The summed E-state index contributed by atoms with van der Waals surface area (Å²) in [5.41, 5.74) is 9.79. The minimum atomic E-state index is 0.397. The summed E-state index contributed by atoms with van der Waals surface area (Å²) in [6.45, 7) is 2.24. The average Bonchev–Trinajstić information content (AvgIpc) is 3.72. The zero-order valence-electron chi connectivity index (χ0n) is 28.1. The number of fused-ring (bicyclic) bond motifs is 7. The lowest BCUT2D eigenvalue weighted by Crippen LogP contribution is -2.09. The fourth-order valence-electron chi connectivity index (χ4n) is 7.71. The normalized spacial score (nSPS) is 14.5. The van der Waals surface area contributed by atoms with Crippen LogP contribution in [-0.2, 0) is 0 Å². The predicted molar refractivity (Wildman–Crippen MR) is 210 cm³/mol. The number of hydrogen-bond donors (Lipinski definition) is 0. The number of allylic oxidation sites excluding steroid dienone is 4. The fourth-order valence-corrected chi connectivity index (χ4v) is 7.71. The maximum absolute atomic E-state index is 5.31. The van der Waals surface area contributed by atoms with Crippen molar-refractivity contribution in [1.29, 1.82) is 0 Å². The van der Waals surface area contributed by atoms with E-state index in [0.29, 0.717) is 23.5 Å². The smallest absolute Gasteiger partial charge is 0.238 e. The third-order valence-corrected chi connectivity index (χ3v) is 10.1. The molecule has 6 aromatic carbocycles. The highest BCUT2D eigenvalue weighted by Crippen LogP contribution is 2.41. The van der Waals surface area contributed by atoms with Crippen LogP contribution in [0.3, 0.4) is 0 Å². The van der Waals surface area contributed by atoms with Crippen LogP contribution < -0.4 is 0 Å². The van der Waals surface area contributed by atoms with E-state index >= 15 is 0 Å². The molecule has 5 nitrogen and oxygen atoms in total. The lowest BCUT2D eigenvalue weighted by Gasteiger charge is -2.15. The van der Waals surface area contributed by atoms with Gasteiger partial charge in [0.2, 0.25) is 5.95 Å². The van der Waals surface area contributed by atoms with Crippen LogP contribution in [0, 0.1) is 5.92 Å². The van der Waals surface area contributed by atoms with Crippen molar-refractivity contribution in [3.8, 4) is 34.2 Å². The number of nitrogens with zero attached hydrogens (tertiary/aromatic N) is 5. The van der Waals surface area contributed by atoms with Crippen LogP contribution in [0.15, 0.2) is 164 Å². The van der Waals surface area contributed by atoms with Crippen molar-refractivity contribution >= 4 is 49.2 Å². The molecule has 3 heterocycles. The molecule has 1 aliphatic rings. The Bertz CT molecular complexity index is 2820. The molecule has 0 saturated heterocycles. The Labute approximate surface area is 295 Å². The first kappa shape index (κ1) is 29.3. The van der Waals surface area contributed by atoms with Gasteiger partial charge in [-0.2, -0.15) is 9.97 Å². The largest absolute Gasteiger partial charge is 0.307 e. The molecule has 9 aromatic rings. The molecule has 51 heavy (non-hydrogen) atoms. The van der Waals surface area contributed by atoms with Crippen molar-refractivity contribution in [2.24, 2.45) is 5.92 Å². The summed E-state index contributed by atoms with van der Waals surface area (Å²) < 4.78 is 4.65. The molecular formula is C46H33N5. The average molecular weight is 656 g/mol. The highest BCUT2D eigenvalue weighted by Gasteiger charge is 2.23. The minimum absolute atomic E-state index is 0.397. The summed E-state index contributed by atoms with van der Waals surface area (Å²) in [6, 6.07) is 51.4. The van der Waals surface area contributed by atoms with Gasteiger partial charge >= 0.3 is 0 Å². The van der Waals surface area contributed by atoms with Gasteiger partial charge in [-0.3, -0.25) is 4.57 Å². The van der Waals surface area contributed by atoms with E-state index in [-0.39, 0.29) is 0 Å². The second kappa shape index (κ2) is 11.8. The van der Waals surface area contributed by atoms with Gasteiger partial charge < -0.3 is 4.57 Å². The molecule has 0 bridgehead atoms. The molecule has 10 rings (SSSR count). The number of para-hydroxylation sites is 3. The van der Waals surface area contributed by atoms with Crippen molar-refractivity contribution in [2.45, 2.75) is 13.3 Å². The first-order chi connectivity index (χ1) is 25.2. The highest BCUT2D eigenvalue weighted by atomic mass is 15.2. The molecule has 0 aliphatic heterocycles. The number of aromatic nitrogens is 5. The van der Waals surface area contributed by atoms with E-state index in [4.69, 9.17) is 15.0 Å². The Morgan fingerprint density at radius 2 is 1.04 bits per heavy atom. The Morgan fingerprint density at radius 1 is 0.490 bits per heavy atom. The van der Waals surface area contributed by atoms with Gasteiger partial charge in [0, 0.05) is 38.4 Å². The molecule has 1 aliphatic carbocycles. The number of benzene rings is 6. The molecule has 1 atom stereocenters. The zero-order valence-corrected chi connectivity index (χ0v) is 28.1. The highest BCUT2D eigenvalue weighted by molar-refractivity contribution is 6.23. The van der Waals surface area contributed by atoms with Gasteiger partial charge in [0.05, 0.1) is 22.1 Å². The summed E-state index contributed by atoms with van der Waals surface area (Å²) in [7, 11) is 0. The second-order valence-corrected chi connectivity index (χ2v) is 13.4. The van der Waals surface area contributed by atoms with Crippen LogP contribution in [0.25, 0.3) is 83.3 Å². The molecule has 3 aromatic heterocycles. The van der Waals surface area contributed by atoms with Crippen molar-refractivity contribution in [1.82, 2.24) is 24.1 Å². The quantitative estimate of drug-likeness (QED) is 0.185. The Balaban J connectivity index is 1.30. The maximum atomic E-state index is 5.31. The summed E-state index contributed by atoms with van der Waals surface area (Å²) in [6.07, 6.45) is 7.65. The lowest BCUT2D eigenvalue weighted by atomic mass is 9.97. The van der Waals surface area contributed by atoms with Gasteiger partial charge in [0.15, 0.2) is 11.6 Å². The van der Waals surface area contributed by atoms with Crippen LogP contribution in [-0.4, -0.2) is 24.1 Å². The second-order valence-electron chi connectivity index (χ2n) is 13.4. The van der Waals surface area contributed by atoms with E-state index in [2.05, 4.69) is 174 Å². The van der Waals surface area contributed by atoms with Gasteiger partial charge in [0.1, 0.15) is 0 Å². The van der Waals surface area contributed by atoms with Gasteiger partial charge in [-0.1, -0.05) is 146 Å². The van der Waals surface area contributed by atoms with E-state index in [1.807, 2.05) is 6.07 Å². The van der Waals surface area contributed by atoms with Crippen molar-refractivity contribution in [3.63, 3.8) is 0 Å². The van der Waals surface area contributed by atoms with Crippen molar-refractivity contribution < 1.29 is 0 Å². The third-order valence-electron chi connectivity index (χ3n) is 10.1. The first-order valence-electron chi connectivity index (χ1n) is 17.5. The molecule has 0 saturated carbocycles. The SMILES string of the molecule is CC1C=C(c2nc(-c3ccc(-c4ccccc4)cc3)nc(-n3c4ccccc4c4ccc5c6ccccc6n(-c6ccccc6)c5c43)n2)C=CC1. The monoisotopic (exact) mass is 655 g/mol. The molecular weight excluding hydrogens is 623 g/mol. The standard InChI is InChI=1S/C46H33N5/c1-30-13-12-16-34(29-30)45-47-44(33-25-23-32(24-26-33)31-14-4-2-5-15-31)48-46(49-45)51-41-22-11-9-20-37(41)39-28-27-38-36-19-8-10-21-40(36)50(42(38)43(39)51)35-17-6-3-7-18-35/h2-12,14-30H,13H2,1H3. The van der Waals surface area contributed by atoms with E-state index in [1.165, 1.54) is 16.3 Å². The minimum Gasteiger partial charge on any atom is -0.307 e. The summed E-state index contributed by atoms with van der Waals surface area (Å²) in [5, 5.41) is 4.69. The van der Waals surface area contributed by atoms with Crippen LogP contribution in [0.5, 0.6) is 0 Å². The number of rotatable bonds is 5. The summed E-state index contributed by atoms with van der Waals surface area (Å²) in [5.74, 6) is 2.31. The van der Waals surface area contributed by atoms with Crippen LogP contribution in [0.2, 0.25) is 0 Å². The molecule has 0 radical (unpaired) electrons. The first-order valence-corrected chi connectivity index (χ1v) is 17.5. The van der Waals surface area contributed by atoms with Crippen molar-refractivity contribution in [2.75, 3.05) is 0 Å². The maximum Gasteiger partial charge on any atom is 0.238 e. The van der Waals surface area contributed by atoms with Gasteiger partial charge in [-0.25, -0.2) is 4.98 Å². The Hall–Kier alpha value is -6.59. The molecule has 5 heteroatoms. The molecule has 0 spiro atoms. The fraction of sp³-hybridized carbons (Fsp3) is 0.0652. The van der Waals surface area contributed by atoms with Crippen LogP contribution in [0.4, 0.5) is 0 Å². The molecule has 242 valence electrons. The topological polar surface area (TPSA) is 48.5 Å². The van der Waals surface area contributed by atoms with E-state index in [1.54, 1.807) is 0 Å². The molecule has 0 amide bonds. The van der Waals surface area contributed by atoms with Gasteiger partial charge in [0.25, 0.3) is 0 Å². The van der Waals surface area contributed by atoms with Crippen LogP contribution in [0.1, 0.15) is 19.2 Å². The molecule has 0 fully saturated rings. The predicted octanol–water partition coefficient (Wildman–Crippen LogP) is 11.4. The van der Waals surface area contributed by atoms with E-state index < -0.39 is 0 Å². The summed E-state index contributed by atoms with van der Waals surface area (Å²) in [4.78, 5) is 15.7. The van der Waals surface area contributed by atoms with Gasteiger partial charge in [-0.05, 0) is 47.7 Å². The molecule has 0 N–H and O–H groups in total. The lowest BCUT2D eigenvalue weighted by molar-refractivity contribution is 0.738. The van der Waals surface area contributed by atoms with Crippen molar-refractivity contribution in [3.05, 3.63) is 170 Å². The third kappa shape index (κ3) is 4.81. The van der Waals surface area contributed by atoms with E-state index in [9.17, 15) is 0 Å². The molecule has 1 unspecified atom stereocenters. The Morgan fingerprint density at radius 3 is 1.73 bits per heavy atom. The van der Waals surface area contributed by atoms with Crippen LogP contribution >= 0.6 is 0 Å². The van der Waals surface area contributed by atoms with E-state index in [0.717, 1.165) is 61.6 Å². The van der Waals surface area contributed by atoms with Gasteiger partial charge in [-0.15, -0.1) is 0 Å². The zero-order chi connectivity index (χ0) is 33.9. The Kier molecular flexibility index (Phi) is 6.78. The number of hydrogen-bond acceptors (Lipinski definition) is 3.